The summed E-state index contributed by atoms with van der Waals surface area (Å²) < 4.78 is 6.19. The molecule has 0 aliphatic rings. The third kappa shape index (κ3) is 3.02. The molecular weight excluding hydrogens is 314 g/mol. The zero-order valence-corrected chi connectivity index (χ0v) is 10.5. The summed E-state index contributed by atoms with van der Waals surface area (Å²) in [5.41, 5.74) is 6.26. The number of rotatable bonds is 3. The van der Waals surface area contributed by atoms with Gasteiger partial charge in [-0.25, -0.2) is 4.99 Å². The van der Waals surface area contributed by atoms with Crippen LogP contribution in [-0.2, 0) is 0 Å². The minimum Gasteiger partial charge on any atom is -0.496 e. The highest BCUT2D eigenvalue weighted by atomic mass is 127. The average Bonchev–Trinajstić information content (AvgIpc) is 2.20. The fourth-order valence-electron chi connectivity index (χ4n) is 0.914. The Morgan fingerprint density at radius 2 is 2.36 bits per heavy atom. The van der Waals surface area contributed by atoms with Crippen molar-refractivity contribution < 1.29 is 4.74 Å². The molecule has 2 N–H and O–H groups in total. The minimum absolute atomic E-state index is 0.230. The van der Waals surface area contributed by atoms with E-state index in [0.717, 1.165) is 15.0 Å². The Bertz CT molecular complexity index is 355. The van der Waals surface area contributed by atoms with Crippen LogP contribution in [0.15, 0.2) is 23.2 Å². The van der Waals surface area contributed by atoms with E-state index in [0.29, 0.717) is 5.84 Å². The van der Waals surface area contributed by atoms with Crippen molar-refractivity contribution in [2.75, 3.05) is 13.0 Å². The Labute approximate surface area is 101 Å². The first-order valence-corrected chi connectivity index (χ1v) is 5.51. The maximum absolute atomic E-state index is 5.52. The lowest BCUT2D eigenvalue weighted by molar-refractivity contribution is 0.412. The third-order valence-electron chi connectivity index (χ3n) is 1.54. The molecule has 0 aliphatic heterocycles. The van der Waals surface area contributed by atoms with Gasteiger partial charge in [0.1, 0.15) is 11.6 Å². The lowest BCUT2D eigenvalue weighted by Crippen LogP contribution is -2.12. The van der Waals surface area contributed by atoms with E-state index in [1.165, 1.54) is 0 Å². The van der Waals surface area contributed by atoms with Gasteiger partial charge in [-0.3, -0.25) is 0 Å². The van der Waals surface area contributed by atoms with Crippen molar-refractivity contribution in [3.05, 3.63) is 21.8 Å². The number of alkyl halides is 1. The van der Waals surface area contributed by atoms with Gasteiger partial charge in [0.2, 0.25) is 0 Å². The number of amidine groups is 1. The number of nitrogens with two attached hydrogens (primary N) is 1. The molecule has 0 spiro atoms. The Kier molecular flexibility index (Phi) is 4.47. The lowest BCUT2D eigenvalue weighted by atomic mass is 10.3. The first-order valence-electron chi connectivity index (χ1n) is 3.90. The third-order valence-corrected chi connectivity index (χ3v) is 2.71. The van der Waals surface area contributed by atoms with Crippen molar-refractivity contribution >= 4 is 45.7 Å². The molecule has 0 radical (unpaired) electrons. The molecule has 3 nitrogen and oxygen atoms in total. The molecule has 0 heterocycles. The van der Waals surface area contributed by atoms with Crippen LogP contribution < -0.4 is 10.5 Å². The zero-order valence-electron chi connectivity index (χ0n) is 7.63. The number of nitrogens with zero attached hydrogens (tertiary/aromatic N) is 1. The molecule has 0 unspecified atom stereocenters. The molecule has 14 heavy (non-hydrogen) atoms. The van der Waals surface area contributed by atoms with Crippen molar-refractivity contribution in [3.8, 4) is 5.75 Å². The summed E-state index contributed by atoms with van der Waals surface area (Å²) in [6.07, 6.45) is 0. The molecule has 0 aromatic heterocycles. The van der Waals surface area contributed by atoms with E-state index in [9.17, 15) is 0 Å². The van der Waals surface area contributed by atoms with E-state index in [2.05, 4.69) is 27.6 Å². The molecule has 1 aromatic carbocycles. The average molecular weight is 325 g/mol. The van der Waals surface area contributed by atoms with Crippen LogP contribution in [0.4, 0.5) is 5.69 Å². The van der Waals surface area contributed by atoms with E-state index < -0.39 is 0 Å². The molecule has 1 rings (SSSR count). The van der Waals surface area contributed by atoms with Crippen LogP contribution in [0.25, 0.3) is 0 Å². The number of ether oxygens (including phenoxy) is 1. The molecule has 0 atom stereocenters. The van der Waals surface area contributed by atoms with Gasteiger partial charge >= 0.3 is 0 Å². The summed E-state index contributed by atoms with van der Waals surface area (Å²) in [4.78, 5) is 4.11. The number of benzene rings is 1. The van der Waals surface area contributed by atoms with Gasteiger partial charge in [0.25, 0.3) is 0 Å². The van der Waals surface area contributed by atoms with Crippen molar-refractivity contribution in [2.24, 2.45) is 10.7 Å². The molecular formula is C9H10ClIN2O. The number of methoxy groups -OCH3 is 1. The van der Waals surface area contributed by atoms with Gasteiger partial charge in [-0.2, -0.15) is 0 Å². The first kappa shape index (κ1) is 11.6. The second kappa shape index (κ2) is 5.41. The lowest BCUT2D eigenvalue weighted by Gasteiger charge is -2.03. The smallest absolute Gasteiger partial charge is 0.134 e. The number of hydrogen-bond acceptors (Lipinski definition) is 2. The quantitative estimate of drug-likeness (QED) is 0.402. The van der Waals surface area contributed by atoms with Gasteiger partial charge in [-0.15, -0.1) is 11.6 Å². The van der Waals surface area contributed by atoms with Crippen LogP contribution in [0, 0.1) is 3.57 Å². The van der Waals surface area contributed by atoms with E-state index in [-0.39, 0.29) is 5.88 Å². The molecule has 76 valence electrons. The predicted molar refractivity (Wildman–Crippen MR) is 67.7 cm³/mol. The standard InChI is InChI=1S/C9H10ClIN2O/c1-14-8-4-6(2-3-7(8)11)13-9(12)5-10/h2-4H,5H2,1H3,(H2,12,13). The molecule has 0 aliphatic carbocycles. The molecule has 0 saturated heterocycles. The summed E-state index contributed by atoms with van der Waals surface area (Å²) >= 11 is 7.71. The van der Waals surface area contributed by atoms with Crippen LogP contribution in [0.1, 0.15) is 0 Å². The summed E-state index contributed by atoms with van der Waals surface area (Å²) in [5, 5.41) is 0. The van der Waals surface area contributed by atoms with Gasteiger partial charge in [-0.1, -0.05) is 0 Å². The highest BCUT2D eigenvalue weighted by molar-refractivity contribution is 14.1. The first-order chi connectivity index (χ1) is 6.67. The Morgan fingerprint density at radius 1 is 1.64 bits per heavy atom. The monoisotopic (exact) mass is 324 g/mol. The van der Waals surface area contributed by atoms with E-state index in [1.54, 1.807) is 7.11 Å². The molecule has 0 amide bonds. The summed E-state index contributed by atoms with van der Waals surface area (Å²) in [5.74, 6) is 1.41. The van der Waals surface area contributed by atoms with E-state index in [1.807, 2.05) is 18.2 Å². The Balaban J connectivity index is 3.01. The molecule has 5 heteroatoms. The van der Waals surface area contributed by atoms with Gasteiger partial charge < -0.3 is 10.5 Å². The molecule has 0 saturated carbocycles. The summed E-state index contributed by atoms with van der Waals surface area (Å²) in [6, 6.07) is 5.60. The SMILES string of the molecule is COc1cc(N=C(N)CCl)ccc1I. The summed E-state index contributed by atoms with van der Waals surface area (Å²) in [6.45, 7) is 0. The van der Waals surface area contributed by atoms with Crippen molar-refractivity contribution in [3.63, 3.8) is 0 Å². The van der Waals surface area contributed by atoms with Crippen LogP contribution in [-0.4, -0.2) is 18.8 Å². The second-order valence-electron chi connectivity index (χ2n) is 2.56. The minimum atomic E-state index is 0.230. The maximum Gasteiger partial charge on any atom is 0.134 e. The van der Waals surface area contributed by atoms with Crippen LogP contribution >= 0.6 is 34.2 Å². The second-order valence-corrected chi connectivity index (χ2v) is 3.99. The van der Waals surface area contributed by atoms with Crippen LogP contribution in [0.3, 0.4) is 0 Å². The number of halogens is 2. The highest BCUT2D eigenvalue weighted by Crippen LogP contribution is 2.25. The molecule has 0 fully saturated rings. The van der Waals surface area contributed by atoms with Gasteiger partial charge in [0.05, 0.1) is 22.2 Å². The summed E-state index contributed by atoms with van der Waals surface area (Å²) in [7, 11) is 1.62. The maximum atomic E-state index is 5.52. The Morgan fingerprint density at radius 3 is 2.93 bits per heavy atom. The van der Waals surface area contributed by atoms with Crippen LogP contribution in [0.2, 0.25) is 0 Å². The zero-order chi connectivity index (χ0) is 10.6. The Hall–Kier alpha value is -0.490. The predicted octanol–water partition coefficient (Wildman–Crippen LogP) is 2.53. The number of hydrogen-bond donors (Lipinski definition) is 1. The van der Waals surface area contributed by atoms with Crippen molar-refractivity contribution in [2.45, 2.75) is 0 Å². The van der Waals surface area contributed by atoms with Gasteiger partial charge in [0, 0.05) is 6.07 Å². The van der Waals surface area contributed by atoms with Gasteiger partial charge in [-0.05, 0) is 34.7 Å². The van der Waals surface area contributed by atoms with E-state index >= 15 is 0 Å². The topological polar surface area (TPSA) is 47.6 Å². The fourth-order valence-corrected chi connectivity index (χ4v) is 1.53. The largest absolute Gasteiger partial charge is 0.496 e. The normalized spacial score (nSPS) is 11.5. The van der Waals surface area contributed by atoms with Crippen molar-refractivity contribution in [1.29, 1.82) is 0 Å². The number of aliphatic imine (C=N–C) groups is 1. The van der Waals surface area contributed by atoms with E-state index in [4.69, 9.17) is 22.1 Å². The van der Waals surface area contributed by atoms with Crippen molar-refractivity contribution in [1.82, 2.24) is 0 Å². The molecule has 1 aromatic rings. The van der Waals surface area contributed by atoms with Gasteiger partial charge in [0.15, 0.2) is 0 Å². The fraction of sp³-hybridized carbons (Fsp3) is 0.222. The molecule has 0 bridgehead atoms. The van der Waals surface area contributed by atoms with Crippen LogP contribution in [0.5, 0.6) is 5.75 Å². The highest BCUT2D eigenvalue weighted by Gasteiger charge is 2.00.